The van der Waals surface area contributed by atoms with E-state index >= 15 is 0 Å². The number of carbonyl (C=O) groups is 1. The summed E-state index contributed by atoms with van der Waals surface area (Å²) in [6.45, 7) is 1.27. The summed E-state index contributed by atoms with van der Waals surface area (Å²) < 4.78 is 5.69. The fraction of sp³-hybridized carbons (Fsp3) is 0.190. The molecule has 0 atom stereocenters. The average molecular weight is 374 g/mol. The SMILES string of the molecule is Cn1ncc(C(=O)NCCc2nccn2Cc2ccccc2)c1-n1cccc1. The van der Waals surface area contributed by atoms with Crippen molar-refractivity contribution < 1.29 is 4.79 Å². The normalized spacial score (nSPS) is 10.9. The molecular formula is C21H22N6O. The zero-order valence-corrected chi connectivity index (χ0v) is 15.7. The number of carbonyl (C=O) groups excluding carboxylic acids is 1. The molecule has 4 rings (SSSR count). The zero-order valence-electron chi connectivity index (χ0n) is 15.7. The molecule has 4 aromatic rings. The van der Waals surface area contributed by atoms with Crippen LogP contribution in [0, 0.1) is 0 Å². The lowest BCUT2D eigenvalue weighted by Crippen LogP contribution is -2.27. The third kappa shape index (κ3) is 3.73. The first-order valence-corrected chi connectivity index (χ1v) is 9.20. The van der Waals surface area contributed by atoms with Crippen LogP contribution >= 0.6 is 0 Å². The van der Waals surface area contributed by atoms with E-state index in [0.717, 1.165) is 18.2 Å². The minimum atomic E-state index is -0.141. The van der Waals surface area contributed by atoms with Gasteiger partial charge in [-0.25, -0.2) is 4.98 Å². The second-order valence-corrected chi connectivity index (χ2v) is 6.56. The number of aromatic nitrogens is 5. The van der Waals surface area contributed by atoms with E-state index in [1.807, 2.05) is 60.5 Å². The Labute approximate surface area is 163 Å². The second-order valence-electron chi connectivity index (χ2n) is 6.56. The molecule has 0 radical (unpaired) electrons. The summed E-state index contributed by atoms with van der Waals surface area (Å²) in [5.74, 6) is 1.55. The topological polar surface area (TPSA) is 69.7 Å². The molecule has 3 aromatic heterocycles. The largest absolute Gasteiger partial charge is 0.351 e. The van der Waals surface area contributed by atoms with Crippen molar-refractivity contribution in [2.45, 2.75) is 13.0 Å². The highest BCUT2D eigenvalue weighted by atomic mass is 16.1. The molecule has 0 unspecified atom stereocenters. The Morgan fingerprint density at radius 1 is 1.07 bits per heavy atom. The fourth-order valence-electron chi connectivity index (χ4n) is 3.25. The van der Waals surface area contributed by atoms with Crippen LogP contribution in [-0.4, -0.2) is 36.4 Å². The Hall–Kier alpha value is -3.61. The molecular weight excluding hydrogens is 352 g/mol. The van der Waals surface area contributed by atoms with Crippen molar-refractivity contribution in [2.75, 3.05) is 6.54 Å². The molecule has 142 valence electrons. The first kappa shape index (κ1) is 17.8. The number of amides is 1. The lowest BCUT2D eigenvalue weighted by Gasteiger charge is -2.10. The smallest absolute Gasteiger partial charge is 0.256 e. The number of nitrogens with zero attached hydrogens (tertiary/aromatic N) is 5. The van der Waals surface area contributed by atoms with Crippen LogP contribution in [0.4, 0.5) is 0 Å². The first-order valence-electron chi connectivity index (χ1n) is 9.20. The molecule has 0 aliphatic heterocycles. The van der Waals surface area contributed by atoms with E-state index in [1.165, 1.54) is 5.56 Å². The molecule has 0 aliphatic carbocycles. The van der Waals surface area contributed by atoms with E-state index in [4.69, 9.17) is 0 Å². The highest BCUT2D eigenvalue weighted by molar-refractivity contribution is 5.97. The van der Waals surface area contributed by atoms with Crippen molar-refractivity contribution >= 4 is 5.91 Å². The van der Waals surface area contributed by atoms with Crippen molar-refractivity contribution in [3.8, 4) is 5.82 Å². The predicted octanol–water partition coefficient (Wildman–Crippen LogP) is 2.43. The summed E-state index contributed by atoms with van der Waals surface area (Å²) in [6.07, 6.45) is 9.81. The van der Waals surface area contributed by atoms with E-state index < -0.39 is 0 Å². The Bertz CT molecular complexity index is 1050. The number of benzene rings is 1. The van der Waals surface area contributed by atoms with Gasteiger partial charge >= 0.3 is 0 Å². The summed E-state index contributed by atoms with van der Waals surface area (Å²) >= 11 is 0. The number of imidazole rings is 1. The number of aryl methyl sites for hydroxylation is 1. The fourth-order valence-corrected chi connectivity index (χ4v) is 3.25. The van der Waals surface area contributed by atoms with Gasteiger partial charge in [0.2, 0.25) is 0 Å². The van der Waals surface area contributed by atoms with Crippen LogP contribution in [0.5, 0.6) is 0 Å². The molecule has 7 nitrogen and oxygen atoms in total. The van der Waals surface area contributed by atoms with Crippen molar-refractivity contribution in [3.63, 3.8) is 0 Å². The minimum absolute atomic E-state index is 0.141. The van der Waals surface area contributed by atoms with Crippen molar-refractivity contribution in [2.24, 2.45) is 7.05 Å². The Morgan fingerprint density at radius 3 is 2.64 bits per heavy atom. The van der Waals surface area contributed by atoms with Gasteiger partial charge in [0.1, 0.15) is 17.2 Å². The standard InChI is InChI=1S/C21H22N6O/c1-25-21(26-12-5-6-13-26)18(15-24-25)20(28)23-10-9-19-22-11-14-27(19)16-17-7-3-2-4-8-17/h2-8,11-15H,9-10,16H2,1H3,(H,23,28). The van der Waals surface area contributed by atoms with Crippen LogP contribution < -0.4 is 5.32 Å². The van der Waals surface area contributed by atoms with E-state index in [1.54, 1.807) is 17.1 Å². The van der Waals surface area contributed by atoms with Crippen LogP contribution in [0.2, 0.25) is 0 Å². The summed E-state index contributed by atoms with van der Waals surface area (Å²) in [6, 6.07) is 14.1. The molecule has 0 fully saturated rings. The van der Waals surface area contributed by atoms with Crippen LogP contribution in [0.25, 0.3) is 5.82 Å². The van der Waals surface area contributed by atoms with E-state index in [0.29, 0.717) is 18.5 Å². The van der Waals surface area contributed by atoms with Gasteiger partial charge in [0.15, 0.2) is 0 Å². The summed E-state index contributed by atoms with van der Waals surface area (Å²) in [5, 5.41) is 7.22. The molecule has 1 N–H and O–H groups in total. The molecule has 7 heteroatoms. The van der Waals surface area contributed by atoms with Crippen LogP contribution in [0.1, 0.15) is 21.7 Å². The van der Waals surface area contributed by atoms with Gasteiger partial charge in [-0.2, -0.15) is 5.10 Å². The number of hydrogen-bond acceptors (Lipinski definition) is 3. The number of rotatable bonds is 7. The molecule has 0 spiro atoms. The number of hydrogen-bond donors (Lipinski definition) is 1. The Balaban J connectivity index is 1.39. The van der Waals surface area contributed by atoms with Crippen LogP contribution in [0.3, 0.4) is 0 Å². The molecule has 3 heterocycles. The lowest BCUT2D eigenvalue weighted by atomic mass is 10.2. The third-order valence-corrected chi connectivity index (χ3v) is 4.63. The highest BCUT2D eigenvalue weighted by Gasteiger charge is 2.17. The quantitative estimate of drug-likeness (QED) is 0.540. The molecule has 0 bridgehead atoms. The number of nitrogens with one attached hydrogen (secondary N) is 1. The molecule has 28 heavy (non-hydrogen) atoms. The molecule has 0 saturated heterocycles. The minimum Gasteiger partial charge on any atom is -0.351 e. The van der Waals surface area contributed by atoms with E-state index in [2.05, 4.69) is 32.1 Å². The molecule has 1 amide bonds. The van der Waals surface area contributed by atoms with Crippen LogP contribution in [-0.2, 0) is 20.0 Å². The monoisotopic (exact) mass is 374 g/mol. The third-order valence-electron chi connectivity index (χ3n) is 4.63. The van der Waals surface area contributed by atoms with Crippen molar-refractivity contribution in [1.82, 2.24) is 29.2 Å². The maximum atomic E-state index is 12.7. The Kier molecular flexibility index (Phi) is 5.05. The van der Waals surface area contributed by atoms with E-state index in [9.17, 15) is 4.79 Å². The lowest BCUT2D eigenvalue weighted by molar-refractivity contribution is 0.0954. The summed E-state index contributed by atoms with van der Waals surface area (Å²) in [7, 11) is 1.83. The molecule has 0 aliphatic rings. The maximum Gasteiger partial charge on any atom is 0.256 e. The van der Waals surface area contributed by atoms with Gasteiger partial charge in [0.05, 0.1) is 6.20 Å². The Morgan fingerprint density at radius 2 is 1.86 bits per heavy atom. The maximum absolute atomic E-state index is 12.7. The van der Waals surface area contributed by atoms with Gasteiger partial charge in [0, 0.05) is 51.3 Å². The van der Waals surface area contributed by atoms with Gasteiger partial charge in [-0.15, -0.1) is 0 Å². The van der Waals surface area contributed by atoms with Gasteiger partial charge in [-0.05, 0) is 17.7 Å². The van der Waals surface area contributed by atoms with Gasteiger partial charge in [-0.1, -0.05) is 30.3 Å². The first-order chi connectivity index (χ1) is 13.7. The van der Waals surface area contributed by atoms with E-state index in [-0.39, 0.29) is 5.91 Å². The molecule has 1 aromatic carbocycles. The summed E-state index contributed by atoms with van der Waals surface area (Å²) in [4.78, 5) is 17.1. The van der Waals surface area contributed by atoms with Gasteiger partial charge < -0.3 is 14.5 Å². The van der Waals surface area contributed by atoms with Gasteiger partial charge in [0.25, 0.3) is 5.91 Å². The highest BCUT2D eigenvalue weighted by Crippen LogP contribution is 2.14. The summed E-state index contributed by atoms with van der Waals surface area (Å²) in [5.41, 5.74) is 1.77. The van der Waals surface area contributed by atoms with Crippen molar-refractivity contribution in [1.29, 1.82) is 0 Å². The molecule has 0 saturated carbocycles. The van der Waals surface area contributed by atoms with Gasteiger partial charge in [-0.3, -0.25) is 9.48 Å². The predicted molar refractivity (Wildman–Crippen MR) is 106 cm³/mol. The van der Waals surface area contributed by atoms with Crippen molar-refractivity contribution in [3.05, 3.63) is 90.4 Å². The van der Waals surface area contributed by atoms with Crippen LogP contribution in [0.15, 0.2) is 73.4 Å². The second kappa shape index (κ2) is 7.96. The average Bonchev–Trinajstić information content (AvgIpc) is 3.44. The zero-order chi connectivity index (χ0) is 19.3.